The Morgan fingerprint density at radius 1 is 1.30 bits per heavy atom. The lowest BCUT2D eigenvalue weighted by atomic mass is 10.2. The number of nitrogens with one attached hydrogen (secondary N) is 1. The van der Waals surface area contributed by atoms with Crippen LogP contribution in [0.2, 0.25) is 0 Å². The number of halogens is 1. The highest BCUT2D eigenvalue weighted by molar-refractivity contribution is 9.10. The van der Waals surface area contributed by atoms with Crippen LogP contribution in [0.5, 0.6) is 11.5 Å². The fourth-order valence-corrected chi connectivity index (χ4v) is 2.33. The van der Waals surface area contributed by atoms with Gasteiger partial charge in [-0.3, -0.25) is 0 Å². The molecule has 110 valence electrons. The molecule has 1 rings (SSSR count). The van der Waals surface area contributed by atoms with E-state index in [9.17, 15) is 0 Å². The van der Waals surface area contributed by atoms with Crippen LogP contribution in [0.3, 0.4) is 0 Å². The summed E-state index contributed by atoms with van der Waals surface area (Å²) in [4.78, 5) is 0. The molecule has 1 aromatic rings. The molecule has 0 bridgehead atoms. The Hall–Kier alpha value is -1.25. The van der Waals surface area contributed by atoms with Gasteiger partial charge in [0, 0.05) is 13.0 Å². The van der Waals surface area contributed by atoms with Crippen molar-refractivity contribution in [1.29, 1.82) is 5.26 Å². The second-order valence-electron chi connectivity index (χ2n) is 4.23. The maximum Gasteiger partial charge on any atom is 0.175 e. The summed E-state index contributed by atoms with van der Waals surface area (Å²) in [6.45, 7) is 6.85. The lowest BCUT2D eigenvalue weighted by Gasteiger charge is -2.15. The topological polar surface area (TPSA) is 54.3 Å². The molecular weight excluding hydrogens is 320 g/mol. The van der Waals surface area contributed by atoms with E-state index in [1.54, 1.807) is 0 Å². The van der Waals surface area contributed by atoms with E-state index in [2.05, 4.69) is 34.2 Å². The van der Waals surface area contributed by atoms with Crippen LogP contribution in [0.4, 0.5) is 0 Å². The van der Waals surface area contributed by atoms with E-state index in [1.807, 2.05) is 19.1 Å². The van der Waals surface area contributed by atoms with Crippen LogP contribution in [0.15, 0.2) is 16.6 Å². The monoisotopic (exact) mass is 340 g/mol. The minimum Gasteiger partial charge on any atom is -0.490 e. The second kappa shape index (κ2) is 9.62. The van der Waals surface area contributed by atoms with Crippen molar-refractivity contribution in [3.8, 4) is 17.6 Å². The van der Waals surface area contributed by atoms with E-state index in [0.29, 0.717) is 31.8 Å². The zero-order valence-electron chi connectivity index (χ0n) is 12.0. The van der Waals surface area contributed by atoms with Crippen LogP contribution in [0, 0.1) is 11.3 Å². The number of hydrogen-bond donors (Lipinski definition) is 1. The van der Waals surface area contributed by atoms with Gasteiger partial charge in [-0.15, -0.1) is 0 Å². The first kappa shape index (κ1) is 16.8. The van der Waals surface area contributed by atoms with Crippen molar-refractivity contribution in [2.24, 2.45) is 0 Å². The molecule has 0 unspecified atom stereocenters. The molecule has 5 heteroatoms. The first-order valence-corrected chi connectivity index (χ1v) is 7.67. The molecule has 0 heterocycles. The number of ether oxygens (including phenoxy) is 2. The summed E-state index contributed by atoms with van der Waals surface area (Å²) in [5, 5.41) is 11.8. The molecule has 0 saturated carbocycles. The maximum atomic E-state index is 8.53. The van der Waals surface area contributed by atoms with Crippen molar-refractivity contribution in [3.63, 3.8) is 0 Å². The van der Waals surface area contributed by atoms with Crippen LogP contribution in [-0.2, 0) is 6.54 Å². The number of rotatable bonds is 9. The van der Waals surface area contributed by atoms with Gasteiger partial charge in [-0.2, -0.15) is 5.26 Å². The predicted octanol–water partition coefficient (Wildman–Crippen LogP) is 3.64. The number of unbranched alkanes of at least 4 members (excludes halogenated alkanes) is 1. The van der Waals surface area contributed by atoms with Crippen molar-refractivity contribution < 1.29 is 9.47 Å². The molecule has 1 N–H and O–H groups in total. The zero-order valence-corrected chi connectivity index (χ0v) is 13.6. The summed E-state index contributed by atoms with van der Waals surface area (Å²) < 4.78 is 12.3. The summed E-state index contributed by atoms with van der Waals surface area (Å²) in [6.07, 6.45) is 1.22. The lowest BCUT2D eigenvalue weighted by molar-refractivity contribution is 0.272. The summed E-state index contributed by atoms with van der Waals surface area (Å²) >= 11 is 3.53. The van der Waals surface area contributed by atoms with Crippen molar-refractivity contribution in [2.75, 3.05) is 19.8 Å². The highest BCUT2D eigenvalue weighted by atomic mass is 79.9. The summed E-state index contributed by atoms with van der Waals surface area (Å²) in [5.41, 5.74) is 1.14. The molecule has 0 radical (unpaired) electrons. The van der Waals surface area contributed by atoms with Crippen molar-refractivity contribution >= 4 is 15.9 Å². The number of benzene rings is 1. The molecule has 0 aromatic heterocycles. The van der Waals surface area contributed by atoms with Crippen LogP contribution in [0.1, 0.15) is 32.3 Å². The van der Waals surface area contributed by atoms with E-state index >= 15 is 0 Å². The molecule has 0 amide bonds. The molecule has 0 aliphatic rings. The number of nitrogens with zero attached hydrogens (tertiary/aromatic N) is 1. The van der Waals surface area contributed by atoms with Crippen LogP contribution in [0.25, 0.3) is 0 Å². The Morgan fingerprint density at radius 2 is 2.10 bits per heavy atom. The van der Waals surface area contributed by atoms with Gasteiger partial charge in [0.2, 0.25) is 0 Å². The first-order valence-electron chi connectivity index (χ1n) is 6.88. The molecule has 0 aliphatic carbocycles. The Kier molecular flexibility index (Phi) is 8.08. The Bertz CT molecular complexity index is 458. The maximum absolute atomic E-state index is 8.53. The lowest BCUT2D eigenvalue weighted by Crippen LogP contribution is -2.12. The average molecular weight is 341 g/mol. The van der Waals surface area contributed by atoms with Crippen LogP contribution >= 0.6 is 15.9 Å². The third-order valence-corrected chi connectivity index (χ3v) is 3.22. The third-order valence-electron chi connectivity index (χ3n) is 2.63. The van der Waals surface area contributed by atoms with Crippen molar-refractivity contribution in [1.82, 2.24) is 5.32 Å². The zero-order chi connectivity index (χ0) is 14.8. The van der Waals surface area contributed by atoms with Gasteiger partial charge in [0.05, 0.1) is 23.8 Å². The van der Waals surface area contributed by atoms with Gasteiger partial charge >= 0.3 is 0 Å². The summed E-state index contributed by atoms with van der Waals surface area (Å²) in [5.74, 6) is 1.46. The molecule has 0 aliphatic heterocycles. The van der Waals surface area contributed by atoms with E-state index in [0.717, 1.165) is 28.9 Å². The molecule has 0 fully saturated rings. The van der Waals surface area contributed by atoms with Crippen molar-refractivity contribution in [2.45, 2.75) is 33.2 Å². The van der Waals surface area contributed by atoms with E-state index in [-0.39, 0.29) is 0 Å². The SMILES string of the molecule is CCNCc1cc(Br)c(OCCCC#N)c(OCC)c1. The number of nitriles is 1. The molecule has 20 heavy (non-hydrogen) atoms. The third kappa shape index (κ3) is 5.40. The molecule has 4 nitrogen and oxygen atoms in total. The molecule has 0 saturated heterocycles. The molecular formula is C15H21BrN2O2. The molecule has 0 atom stereocenters. The minimum atomic E-state index is 0.500. The van der Waals surface area contributed by atoms with Crippen LogP contribution < -0.4 is 14.8 Å². The van der Waals surface area contributed by atoms with E-state index in [1.165, 1.54) is 0 Å². The van der Waals surface area contributed by atoms with Crippen molar-refractivity contribution in [3.05, 3.63) is 22.2 Å². The van der Waals surface area contributed by atoms with Gasteiger partial charge < -0.3 is 14.8 Å². The molecule has 0 spiro atoms. The van der Waals surface area contributed by atoms with Gasteiger partial charge in [-0.25, -0.2) is 0 Å². The van der Waals surface area contributed by atoms with E-state index in [4.69, 9.17) is 14.7 Å². The second-order valence-corrected chi connectivity index (χ2v) is 5.08. The fraction of sp³-hybridized carbons (Fsp3) is 0.533. The smallest absolute Gasteiger partial charge is 0.175 e. The predicted molar refractivity (Wildman–Crippen MR) is 83.0 cm³/mol. The quantitative estimate of drug-likeness (QED) is 0.697. The Morgan fingerprint density at radius 3 is 2.75 bits per heavy atom. The standard InChI is InChI=1S/C15H21BrN2O2/c1-3-18-11-12-9-13(16)15(14(10-12)19-4-2)20-8-6-5-7-17/h9-10,18H,3-6,8,11H2,1-2H3. The highest BCUT2D eigenvalue weighted by Crippen LogP contribution is 2.37. The largest absolute Gasteiger partial charge is 0.490 e. The molecule has 1 aromatic carbocycles. The summed E-state index contributed by atoms with van der Waals surface area (Å²) in [7, 11) is 0. The first-order chi connectivity index (χ1) is 9.72. The fourth-order valence-electron chi connectivity index (χ4n) is 1.72. The highest BCUT2D eigenvalue weighted by Gasteiger charge is 2.12. The van der Waals surface area contributed by atoms with Gasteiger partial charge in [-0.05, 0) is 53.5 Å². The van der Waals surface area contributed by atoms with E-state index < -0.39 is 0 Å². The summed E-state index contributed by atoms with van der Waals surface area (Å²) in [6, 6.07) is 6.14. The van der Waals surface area contributed by atoms with Gasteiger partial charge in [-0.1, -0.05) is 6.92 Å². The Balaban J connectivity index is 2.82. The van der Waals surface area contributed by atoms with Crippen LogP contribution in [-0.4, -0.2) is 19.8 Å². The Labute approximate surface area is 129 Å². The minimum absolute atomic E-state index is 0.500. The van der Waals surface area contributed by atoms with Gasteiger partial charge in [0.1, 0.15) is 0 Å². The van der Waals surface area contributed by atoms with Gasteiger partial charge in [0.25, 0.3) is 0 Å². The number of hydrogen-bond acceptors (Lipinski definition) is 4. The average Bonchev–Trinajstić information content (AvgIpc) is 2.43. The van der Waals surface area contributed by atoms with Gasteiger partial charge in [0.15, 0.2) is 11.5 Å². The normalized spacial score (nSPS) is 10.1.